The Kier molecular flexibility index (Phi) is 6.34. The van der Waals surface area contributed by atoms with Crippen LogP contribution in [-0.2, 0) is 11.3 Å². The molecule has 2 aromatic rings. The van der Waals surface area contributed by atoms with E-state index in [4.69, 9.17) is 4.74 Å². The van der Waals surface area contributed by atoms with Crippen LogP contribution in [0.5, 0.6) is 5.88 Å². The first-order chi connectivity index (χ1) is 12.2. The van der Waals surface area contributed by atoms with Gasteiger partial charge in [-0.2, -0.15) is 0 Å². The molecular formula is C20H24N2O2S. The van der Waals surface area contributed by atoms with Gasteiger partial charge < -0.3 is 10.1 Å². The summed E-state index contributed by atoms with van der Waals surface area (Å²) in [6, 6.07) is 14.0. The molecule has 25 heavy (non-hydrogen) atoms. The van der Waals surface area contributed by atoms with Crippen LogP contribution in [-0.4, -0.2) is 23.3 Å². The number of carbonyl (C=O) groups is 1. The van der Waals surface area contributed by atoms with Crippen molar-refractivity contribution in [2.24, 2.45) is 11.8 Å². The number of ether oxygens (including phenoxy) is 1. The maximum atomic E-state index is 12.2. The lowest BCUT2D eigenvalue weighted by atomic mass is 10.2. The van der Waals surface area contributed by atoms with E-state index in [1.54, 1.807) is 18.0 Å². The number of thioether (sulfide) groups is 1. The highest BCUT2D eigenvalue weighted by Crippen LogP contribution is 2.29. The van der Waals surface area contributed by atoms with E-state index < -0.39 is 0 Å². The summed E-state index contributed by atoms with van der Waals surface area (Å²) in [5, 5.41) is 2.98. The lowest BCUT2D eigenvalue weighted by Gasteiger charge is -2.12. The van der Waals surface area contributed by atoms with Crippen LogP contribution in [0.1, 0.15) is 25.3 Å². The number of nitrogens with zero attached hydrogens (tertiary/aromatic N) is 1. The van der Waals surface area contributed by atoms with Crippen LogP contribution in [0.25, 0.3) is 0 Å². The van der Waals surface area contributed by atoms with Gasteiger partial charge in [-0.25, -0.2) is 4.98 Å². The molecule has 1 aromatic heterocycles. The number of aromatic nitrogens is 1. The SMILES string of the molecule is CC(CSc1ccccc1)C(=O)NCc1ccc(OCC2CC2)nc1. The van der Waals surface area contributed by atoms with Crippen LogP contribution in [0.15, 0.2) is 53.6 Å². The Hall–Kier alpha value is -2.01. The molecule has 1 amide bonds. The van der Waals surface area contributed by atoms with Crippen LogP contribution < -0.4 is 10.1 Å². The van der Waals surface area contributed by atoms with Crippen molar-refractivity contribution in [3.8, 4) is 5.88 Å². The van der Waals surface area contributed by atoms with Gasteiger partial charge in [-0.05, 0) is 36.5 Å². The fraction of sp³-hybridized carbons (Fsp3) is 0.400. The maximum Gasteiger partial charge on any atom is 0.223 e. The van der Waals surface area contributed by atoms with E-state index in [1.807, 2.05) is 37.3 Å². The second-order valence-electron chi connectivity index (χ2n) is 6.50. The smallest absolute Gasteiger partial charge is 0.223 e. The summed E-state index contributed by atoms with van der Waals surface area (Å²) in [5.41, 5.74) is 0.982. The molecule has 132 valence electrons. The Morgan fingerprint density at radius 3 is 2.76 bits per heavy atom. The monoisotopic (exact) mass is 356 g/mol. The maximum absolute atomic E-state index is 12.2. The minimum Gasteiger partial charge on any atom is -0.477 e. The van der Waals surface area contributed by atoms with Crippen LogP contribution in [0.4, 0.5) is 0 Å². The van der Waals surface area contributed by atoms with Gasteiger partial charge in [0.1, 0.15) is 0 Å². The molecule has 0 aliphatic heterocycles. The van der Waals surface area contributed by atoms with E-state index in [9.17, 15) is 4.79 Å². The predicted molar refractivity (Wildman–Crippen MR) is 101 cm³/mol. The van der Waals surface area contributed by atoms with Crippen molar-refractivity contribution in [2.45, 2.75) is 31.2 Å². The third-order valence-corrected chi connectivity index (χ3v) is 5.39. The average molecular weight is 356 g/mol. The molecule has 1 aliphatic rings. The van der Waals surface area contributed by atoms with Crippen molar-refractivity contribution in [1.29, 1.82) is 0 Å². The molecule has 0 radical (unpaired) electrons. The summed E-state index contributed by atoms with van der Waals surface area (Å²) in [6.07, 6.45) is 4.31. The Morgan fingerprint density at radius 1 is 1.28 bits per heavy atom. The first-order valence-electron chi connectivity index (χ1n) is 8.74. The number of amides is 1. The van der Waals surface area contributed by atoms with Crippen LogP contribution in [0.2, 0.25) is 0 Å². The molecule has 3 rings (SSSR count). The molecule has 1 aliphatic carbocycles. The highest BCUT2D eigenvalue weighted by Gasteiger charge is 2.22. The van der Waals surface area contributed by atoms with Crippen molar-refractivity contribution in [2.75, 3.05) is 12.4 Å². The molecule has 1 N–H and O–H groups in total. The summed E-state index contributed by atoms with van der Waals surface area (Å²) in [7, 11) is 0. The summed E-state index contributed by atoms with van der Waals surface area (Å²) in [6.45, 7) is 3.22. The lowest BCUT2D eigenvalue weighted by molar-refractivity contribution is -0.124. The van der Waals surface area contributed by atoms with Gasteiger partial charge in [-0.3, -0.25) is 4.79 Å². The molecule has 4 nitrogen and oxygen atoms in total. The van der Waals surface area contributed by atoms with E-state index >= 15 is 0 Å². The Labute approximate surface area is 153 Å². The topological polar surface area (TPSA) is 51.2 Å². The van der Waals surface area contributed by atoms with E-state index in [0.29, 0.717) is 12.4 Å². The van der Waals surface area contributed by atoms with E-state index in [-0.39, 0.29) is 11.8 Å². The normalized spacial score (nSPS) is 14.8. The largest absolute Gasteiger partial charge is 0.477 e. The molecule has 1 unspecified atom stereocenters. The zero-order valence-corrected chi connectivity index (χ0v) is 15.3. The molecule has 0 bridgehead atoms. The highest BCUT2D eigenvalue weighted by molar-refractivity contribution is 7.99. The van der Waals surface area contributed by atoms with Crippen LogP contribution in [0.3, 0.4) is 0 Å². The molecule has 1 fully saturated rings. The van der Waals surface area contributed by atoms with E-state index in [1.165, 1.54) is 17.7 Å². The van der Waals surface area contributed by atoms with Gasteiger partial charge in [0.25, 0.3) is 0 Å². The second-order valence-corrected chi connectivity index (χ2v) is 7.60. The molecule has 0 spiro atoms. The molecule has 1 aromatic carbocycles. The average Bonchev–Trinajstić information content (AvgIpc) is 3.48. The predicted octanol–water partition coefficient (Wildman–Crippen LogP) is 3.92. The third kappa shape index (κ3) is 6.09. The number of nitrogens with one attached hydrogen (secondary N) is 1. The van der Waals surface area contributed by atoms with Crippen molar-refractivity contribution >= 4 is 17.7 Å². The third-order valence-electron chi connectivity index (χ3n) is 4.12. The first kappa shape index (κ1) is 17.8. The minimum absolute atomic E-state index is 0.0423. The number of rotatable bonds is 9. The number of benzene rings is 1. The quantitative estimate of drug-likeness (QED) is 0.692. The number of pyridine rings is 1. The summed E-state index contributed by atoms with van der Waals surface area (Å²) in [4.78, 5) is 17.7. The fourth-order valence-electron chi connectivity index (χ4n) is 2.27. The first-order valence-corrected chi connectivity index (χ1v) is 9.72. The van der Waals surface area contributed by atoms with Crippen molar-refractivity contribution in [3.05, 3.63) is 54.2 Å². The molecule has 1 heterocycles. The fourth-order valence-corrected chi connectivity index (χ4v) is 3.21. The van der Waals surface area contributed by atoms with E-state index in [0.717, 1.165) is 23.8 Å². The summed E-state index contributed by atoms with van der Waals surface area (Å²) < 4.78 is 5.62. The standard InChI is InChI=1S/C20H24N2O2S/c1-15(14-25-18-5-3-2-4-6-18)20(23)22-12-17-9-10-19(21-11-17)24-13-16-7-8-16/h2-6,9-11,15-16H,7-8,12-14H2,1H3,(H,22,23). The minimum atomic E-state index is -0.0423. The Morgan fingerprint density at radius 2 is 2.08 bits per heavy atom. The zero-order valence-electron chi connectivity index (χ0n) is 14.5. The number of hydrogen-bond acceptors (Lipinski definition) is 4. The van der Waals surface area contributed by atoms with Gasteiger partial charge in [0.05, 0.1) is 6.61 Å². The van der Waals surface area contributed by atoms with Crippen LogP contribution in [0, 0.1) is 11.8 Å². The van der Waals surface area contributed by atoms with Crippen LogP contribution >= 0.6 is 11.8 Å². The van der Waals surface area contributed by atoms with Gasteiger partial charge in [0.2, 0.25) is 11.8 Å². The molecular weight excluding hydrogens is 332 g/mol. The van der Waals surface area contributed by atoms with Gasteiger partial charge in [0, 0.05) is 35.4 Å². The zero-order chi connectivity index (χ0) is 17.5. The Balaban J connectivity index is 1.38. The molecule has 0 saturated heterocycles. The van der Waals surface area contributed by atoms with Crippen molar-refractivity contribution in [1.82, 2.24) is 10.3 Å². The highest BCUT2D eigenvalue weighted by atomic mass is 32.2. The lowest BCUT2D eigenvalue weighted by Crippen LogP contribution is -2.29. The Bertz CT molecular complexity index is 672. The number of hydrogen-bond donors (Lipinski definition) is 1. The summed E-state index contributed by atoms with van der Waals surface area (Å²) >= 11 is 1.70. The summed E-state index contributed by atoms with van der Waals surface area (Å²) in [5.74, 6) is 2.17. The second kappa shape index (κ2) is 8.90. The van der Waals surface area contributed by atoms with Gasteiger partial charge in [-0.15, -0.1) is 11.8 Å². The van der Waals surface area contributed by atoms with Crippen molar-refractivity contribution in [3.63, 3.8) is 0 Å². The van der Waals surface area contributed by atoms with Gasteiger partial charge in [-0.1, -0.05) is 31.2 Å². The van der Waals surface area contributed by atoms with Gasteiger partial charge >= 0.3 is 0 Å². The van der Waals surface area contributed by atoms with E-state index in [2.05, 4.69) is 22.4 Å². The molecule has 5 heteroatoms. The molecule has 1 saturated carbocycles. The van der Waals surface area contributed by atoms with Crippen molar-refractivity contribution < 1.29 is 9.53 Å². The number of carbonyl (C=O) groups excluding carboxylic acids is 1. The van der Waals surface area contributed by atoms with Gasteiger partial charge in [0.15, 0.2) is 0 Å². The molecule has 1 atom stereocenters.